The normalized spacial score (nSPS) is 15.2. The molecule has 0 radical (unpaired) electrons. The van der Waals surface area contributed by atoms with Gasteiger partial charge in [0.1, 0.15) is 11.5 Å². The number of benzene rings is 2. The maximum absolute atomic E-state index is 12.4. The molecule has 0 fully saturated rings. The van der Waals surface area contributed by atoms with Gasteiger partial charge in [0, 0.05) is 28.1 Å². The Hall–Kier alpha value is -2.58. The molecule has 0 spiro atoms. The molecule has 112 valence electrons. The van der Waals surface area contributed by atoms with Crippen LogP contribution in [0.25, 0.3) is 17.4 Å². The van der Waals surface area contributed by atoms with Crippen molar-refractivity contribution in [2.45, 2.75) is 6.42 Å². The Morgan fingerprint density at radius 1 is 1.00 bits per heavy atom. The van der Waals surface area contributed by atoms with Crippen molar-refractivity contribution in [2.75, 3.05) is 0 Å². The average Bonchev–Trinajstić information content (AvgIpc) is 3.14. The van der Waals surface area contributed by atoms with Crippen LogP contribution in [0.3, 0.4) is 0 Å². The van der Waals surface area contributed by atoms with E-state index in [1.165, 1.54) is 0 Å². The van der Waals surface area contributed by atoms with Crippen molar-refractivity contribution in [3.8, 4) is 11.3 Å². The van der Waals surface area contributed by atoms with Crippen LogP contribution in [0.15, 0.2) is 70.7 Å². The molecule has 0 atom stereocenters. The summed E-state index contributed by atoms with van der Waals surface area (Å²) in [5, 5.41) is 0.667. The highest BCUT2D eigenvalue weighted by atomic mass is 35.5. The molecular formula is C20H13ClO2. The number of carbonyl (C=O) groups is 1. The highest BCUT2D eigenvalue weighted by molar-refractivity contribution is 6.30. The predicted octanol–water partition coefficient (Wildman–Crippen LogP) is 5.42. The minimum atomic E-state index is 0.0845. The molecule has 0 N–H and O–H groups in total. The Balaban J connectivity index is 1.65. The number of carbonyl (C=O) groups excluding carboxylic acids is 1. The van der Waals surface area contributed by atoms with E-state index in [4.69, 9.17) is 16.0 Å². The summed E-state index contributed by atoms with van der Waals surface area (Å²) in [5.74, 6) is 1.50. The summed E-state index contributed by atoms with van der Waals surface area (Å²) in [6, 6.07) is 19.0. The molecular weight excluding hydrogens is 308 g/mol. The third-order valence-corrected chi connectivity index (χ3v) is 4.22. The van der Waals surface area contributed by atoms with Crippen molar-refractivity contribution >= 4 is 23.5 Å². The second-order valence-corrected chi connectivity index (χ2v) is 5.98. The standard InChI is InChI=1S/C20H13ClO2/c21-16-6-3-5-14(11-16)19-9-8-17(23-19)12-15-10-13-4-1-2-7-18(13)20(15)22/h1-9,11-12H,10H2/b15-12+. The monoisotopic (exact) mass is 320 g/mol. The van der Waals surface area contributed by atoms with Gasteiger partial charge in [0.05, 0.1) is 0 Å². The molecule has 2 aromatic carbocycles. The Bertz CT molecular complexity index is 934. The number of ketones is 1. The summed E-state index contributed by atoms with van der Waals surface area (Å²) < 4.78 is 5.85. The van der Waals surface area contributed by atoms with Gasteiger partial charge in [-0.15, -0.1) is 0 Å². The number of hydrogen-bond acceptors (Lipinski definition) is 2. The third-order valence-electron chi connectivity index (χ3n) is 3.99. The van der Waals surface area contributed by atoms with E-state index in [1.807, 2.05) is 66.7 Å². The summed E-state index contributed by atoms with van der Waals surface area (Å²) in [6.45, 7) is 0. The summed E-state index contributed by atoms with van der Waals surface area (Å²) >= 11 is 6.01. The molecule has 3 aromatic rings. The van der Waals surface area contributed by atoms with Crippen LogP contribution in [0.5, 0.6) is 0 Å². The van der Waals surface area contributed by atoms with Crippen molar-refractivity contribution in [3.05, 3.63) is 88.1 Å². The van der Waals surface area contributed by atoms with Crippen LogP contribution in [0.2, 0.25) is 5.02 Å². The molecule has 2 nitrogen and oxygen atoms in total. The highest BCUT2D eigenvalue weighted by Crippen LogP contribution is 2.30. The number of hydrogen-bond donors (Lipinski definition) is 0. The van der Waals surface area contributed by atoms with Gasteiger partial charge in [0.15, 0.2) is 5.78 Å². The lowest BCUT2D eigenvalue weighted by Gasteiger charge is -1.97. The van der Waals surface area contributed by atoms with Gasteiger partial charge in [-0.1, -0.05) is 48.0 Å². The molecule has 0 amide bonds. The van der Waals surface area contributed by atoms with Gasteiger partial charge in [0.2, 0.25) is 0 Å². The maximum atomic E-state index is 12.4. The largest absolute Gasteiger partial charge is 0.457 e. The predicted molar refractivity (Wildman–Crippen MR) is 91.6 cm³/mol. The van der Waals surface area contributed by atoms with Gasteiger partial charge in [-0.05, 0) is 35.9 Å². The molecule has 1 aliphatic rings. The van der Waals surface area contributed by atoms with Gasteiger partial charge in [-0.2, -0.15) is 0 Å². The van der Waals surface area contributed by atoms with Gasteiger partial charge in [-0.3, -0.25) is 4.79 Å². The quantitative estimate of drug-likeness (QED) is 0.590. The van der Waals surface area contributed by atoms with Gasteiger partial charge in [-0.25, -0.2) is 0 Å². The number of furan rings is 1. The molecule has 23 heavy (non-hydrogen) atoms. The molecule has 1 aliphatic carbocycles. The maximum Gasteiger partial charge on any atom is 0.189 e. The van der Waals surface area contributed by atoms with Crippen LogP contribution < -0.4 is 0 Å². The number of Topliss-reactive ketones (excluding diaryl/α,β-unsaturated/α-hetero) is 1. The van der Waals surface area contributed by atoms with Crippen LogP contribution in [0.4, 0.5) is 0 Å². The zero-order chi connectivity index (χ0) is 15.8. The fourth-order valence-electron chi connectivity index (χ4n) is 2.87. The number of rotatable bonds is 2. The van der Waals surface area contributed by atoms with E-state index < -0.39 is 0 Å². The molecule has 4 rings (SSSR count). The van der Waals surface area contributed by atoms with Gasteiger partial charge >= 0.3 is 0 Å². The van der Waals surface area contributed by atoms with Gasteiger partial charge in [0.25, 0.3) is 0 Å². The second kappa shape index (κ2) is 5.56. The lowest BCUT2D eigenvalue weighted by Crippen LogP contribution is -1.94. The van der Waals surface area contributed by atoms with E-state index in [-0.39, 0.29) is 5.78 Å². The Morgan fingerprint density at radius 2 is 1.87 bits per heavy atom. The SMILES string of the molecule is O=C1/C(=C/c2ccc(-c3cccc(Cl)c3)o2)Cc2ccccc21. The van der Waals surface area contributed by atoms with Crippen LogP contribution in [0, 0.1) is 0 Å². The molecule has 0 unspecified atom stereocenters. The average molecular weight is 321 g/mol. The van der Waals surface area contributed by atoms with Crippen molar-refractivity contribution in [3.63, 3.8) is 0 Å². The molecule has 0 bridgehead atoms. The Labute approximate surface area is 139 Å². The molecule has 1 heterocycles. The molecule has 0 saturated heterocycles. The Kier molecular flexibility index (Phi) is 3.40. The van der Waals surface area contributed by atoms with E-state index in [2.05, 4.69) is 0 Å². The molecule has 3 heteroatoms. The van der Waals surface area contributed by atoms with Crippen LogP contribution in [-0.4, -0.2) is 5.78 Å². The summed E-state index contributed by atoms with van der Waals surface area (Å²) in [4.78, 5) is 12.4. The fourth-order valence-corrected chi connectivity index (χ4v) is 3.06. The minimum absolute atomic E-state index is 0.0845. The first kappa shape index (κ1) is 14.0. The zero-order valence-corrected chi connectivity index (χ0v) is 13.0. The number of allylic oxidation sites excluding steroid dienone is 1. The van der Waals surface area contributed by atoms with E-state index in [0.717, 1.165) is 28.0 Å². The summed E-state index contributed by atoms with van der Waals surface area (Å²) in [6.07, 6.45) is 2.48. The van der Waals surface area contributed by atoms with Crippen molar-refractivity contribution in [1.82, 2.24) is 0 Å². The topological polar surface area (TPSA) is 30.2 Å². The van der Waals surface area contributed by atoms with Crippen LogP contribution in [-0.2, 0) is 6.42 Å². The first-order valence-corrected chi connectivity index (χ1v) is 7.77. The first-order valence-electron chi connectivity index (χ1n) is 7.40. The van der Waals surface area contributed by atoms with Crippen molar-refractivity contribution in [2.24, 2.45) is 0 Å². The smallest absolute Gasteiger partial charge is 0.189 e. The minimum Gasteiger partial charge on any atom is -0.457 e. The van der Waals surface area contributed by atoms with E-state index in [1.54, 1.807) is 0 Å². The number of halogens is 1. The van der Waals surface area contributed by atoms with E-state index in [0.29, 0.717) is 17.2 Å². The molecule has 0 saturated carbocycles. The van der Waals surface area contributed by atoms with Crippen LogP contribution >= 0.6 is 11.6 Å². The molecule has 1 aromatic heterocycles. The number of fused-ring (bicyclic) bond motifs is 1. The lowest BCUT2D eigenvalue weighted by atomic mass is 10.1. The van der Waals surface area contributed by atoms with Crippen molar-refractivity contribution < 1.29 is 9.21 Å². The fraction of sp³-hybridized carbons (Fsp3) is 0.0500. The lowest BCUT2D eigenvalue weighted by molar-refractivity contribution is 0.104. The van der Waals surface area contributed by atoms with E-state index in [9.17, 15) is 4.79 Å². The van der Waals surface area contributed by atoms with Crippen molar-refractivity contribution in [1.29, 1.82) is 0 Å². The highest BCUT2D eigenvalue weighted by Gasteiger charge is 2.24. The summed E-state index contributed by atoms with van der Waals surface area (Å²) in [5.41, 5.74) is 3.55. The van der Waals surface area contributed by atoms with E-state index >= 15 is 0 Å². The summed E-state index contributed by atoms with van der Waals surface area (Å²) in [7, 11) is 0. The van der Waals surface area contributed by atoms with Crippen LogP contribution in [0.1, 0.15) is 21.7 Å². The Morgan fingerprint density at radius 3 is 2.70 bits per heavy atom. The molecule has 0 aliphatic heterocycles. The second-order valence-electron chi connectivity index (χ2n) is 5.54. The first-order chi connectivity index (χ1) is 11.2. The third kappa shape index (κ3) is 2.62. The van der Waals surface area contributed by atoms with Gasteiger partial charge < -0.3 is 4.42 Å². The zero-order valence-electron chi connectivity index (χ0n) is 12.3.